The van der Waals surface area contributed by atoms with Gasteiger partial charge in [0.1, 0.15) is 0 Å². The lowest BCUT2D eigenvalue weighted by atomic mass is 9.83. The van der Waals surface area contributed by atoms with E-state index in [1.54, 1.807) is 0 Å². The molecule has 1 heterocycles. The second-order valence-electron chi connectivity index (χ2n) is 7.50. The quantitative estimate of drug-likeness (QED) is 0.289. The topological polar surface area (TPSA) is 53.9 Å². The highest BCUT2D eigenvalue weighted by atomic mass is 127. The van der Waals surface area contributed by atoms with Crippen LogP contribution in [0.3, 0.4) is 0 Å². The van der Waals surface area contributed by atoms with Crippen LogP contribution in [-0.4, -0.2) is 49.6 Å². The summed E-state index contributed by atoms with van der Waals surface area (Å²) in [5.41, 5.74) is 2.97. The number of rotatable bonds is 5. The van der Waals surface area contributed by atoms with Gasteiger partial charge in [-0.3, -0.25) is 9.79 Å². The van der Waals surface area contributed by atoms with E-state index in [1.165, 1.54) is 30.4 Å². The van der Waals surface area contributed by atoms with E-state index in [2.05, 4.69) is 41.4 Å². The monoisotopic (exact) mass is 499 g/mol. The summed E-state index contributed by atoms with van der Waals surface area (Å²) in [5, 5.41) is 3.44. The normalized spacial score (nSPS) is 20.1. The Morgan fingerprint density at radius 3 is 2.68 bits per heavy atom. The molecule has 28 heavy (non-hydrogen) atoms. The number of halogens is 1. The number of piperidine rings is 1. The molecule has 5 nitrogen and oxygen atoms in total. The number of esters is 1. The van der Waals surface area contributed by atoms with Gasteiger partial charge in [-0.15, -0.1) is 24.0 Å². The third-order valence-electron chi connectivity index (χ3n) is 5.70. The largest absolute Gasteiger partial charge is 0.466 e. The molecule has 1 N–H and O–H groups in total. The van der Waals surface area contributed by atoms with Crippen molar-refractivity contribution in [2.75, 3.05) is 32.8 Å². The Morgan fingerprint density at radius 2 is 1.96 bits per heavy atom. The molecule has 0 spiro atoms. The molecule has 1 aliphatic heterocycles. The number of nitrogens with one attached hydrogen (secondary N) is 1. The number of fused-ring (bicyclic) bond motifs is 1. The molecule has 1 atom stereocenters. The number of hydrogen-bond acceptors (Lipinski definition) is 3. The molecule has 3 rings (SSSR count). The summed E-state index contributed by atoms with van der Waals surface area (Å²) in [6.45, 7) is 7.84. The molecule has 1 aromatic carbocycles. The van der Waals surface area contributed by atoms with Crippen LogP contribution in [-0.2, 0) is 16.0 Å². The Hall–Kier alpha value is -1.31. The second-order valence-corrected chi connectivity index (χ2v) is 7.50. The third-order valence-corrected chi connectivity index (χ3v) is 5.70. The van der Waals surface area contributed by atoms with Crippen LogP contribution in [0, 0.1) is 5.92 Å². The van der Waals surface area contributed by atoms with E-state index in [1.807, 2.05) is 6.92 Å². The fraction of sp³-hybridized carbons (Fsp3) is 0.636. The number of guanidine groups is 1. The first-order valence-electron chi connectivity index (χ1n) is 10.5. The van der Waals surface area contributed by atoms with Crippen molar-refractivity contribution in [1.29, 1.82) is 0 Å². The van der Waals surface area contributed by atoms with Crippen molar-refractivity contribution < 1.29 is 9.53 Å². The predicted octanol–water partition coefficient (Wildman–Crippen LogP) is 3.97. The maximum atomic E-state index is 12.0. The van der Waals surface area contributed by atoms with Gasteiger partial charge in [-0.25, -0.2) is 0 Å². The molecular weight excluding hydrogens is 465 g/mol. The zero-order chi connectivity index (χ0) is 19.1. The first kappa shape index (κ1) is 23.0. The van der Waals surface area contributed by atoms with Gasteiger partial charge in [0.2, 0.25) is 0 Å². The van der Waals surface area contributed by atoms with Gasteiger partial charge < -0.3 is 15.0 Å². The molecule has 2 aliphatic rings. The summed E-state index contributed by atoms with van der Waals surface area (Å²) in [7, 11) is 0. The molecule has 1 aliphatic carbocycles. The zero-order valence-corrected chi connectivity index (χ0v) is 19.5. The SMILES string of the molecule is CCNC(=NCC1CCCc2ccccc21)N1CCC(C(=O)OCC)CC1.I. The van der Waals surface area contributed by atoms with Crippen LogP contribution in [0.25, 0.3) is 0 Å². The van der Waals surface area contributed by atoms with E-state index in [9.17, 15) is 4.79 Å². The minimum Gasteiger partial charge on any atom is -0.466 e. The van der Waals surface area contributed by atoms with Gasteiger partial charge in [0, 0.05) is 32.1 Å². The van der Waals surface area contributed by atoms with Crippen molar-refractivity contribution in [2.45, 2.75) is 51.9 Å². The molecule has 1 unspecified atom stereocenters. The first-order valence-corrected chi connectivity index (χ1v) is 10.5. The number of nitrogens with zero attached hydrogens (tertiary/aromatic N) is 2. The summed E-state index contributed by atoms with van der Waals surface area (Å²) in [6, 6.07) is 8.82. The standard InChI is InChI=1S/C22H33N3O2.HI/c1-3-23-22(25-14-12-18(13-15-25)21(26)27-4-2)24-16-19-10-7-9-17-8-5-6-11-20(17)19;/h5-6,8,11,18-19H,3-4,7,9-10,12-16H2,1-2H3,(H,23,24);1H. The smallest absolute Gasteiger partial charge is 0.309 e. The molecule has 1 fully saturated rings. The Balaban J connectivity index is 0.00000280. The van der Waals surface area contributed by atoms with E-state index in [-0.39, 0.29) is 35.9 Å². The third kappa shape index (κ3) is 5.84. The minimum atomic E-state index is -0.0436. The lowest BCUT2D eigenvalue weighted by molar-refractivity contribution is -0.149. The van der Waals surface area contributed by atoms with Crippen LogP contribution >= 0.6 is 24.0 Å². The number of likely N-dealkylation sites (tertiary alicyclic amines) is 1. The highest BCUT2D eigenvalue weighted by molar-refractivity contribution is 14.0. The summed E-state index contributed by atoms with van der Waals surface area (Å²) >= 11 is 0. The van der Waals surface area contributed by atoms with Crippen molar-refractivity contribution in [3.8, 4) is 0 Å². The molecule has 156 valence electrons. The molecule has 0 radical (unpaired) electrons. The van der Waals surface area contributed by atoms with E-state index in [0.29, 0.717) is 12.5 Å². The molecule has 6 heteroatoms. The summed E-state index contributed by atoms with van der Waals surface area (Å²) in [4.78, 5) is 19.2. The number of carbonyl (C=O) groups is 1. The van der Waals surface area contributed by atoms with Gasteiger partial charge in [-0.05, 0) is 57.1 Å². The molecule has 0 amide bonds. The average molecular weight is 499 g/mol. The Morgan fingerprint density at radius 1 is 1.21 bits per heavy atom. The van der Waals surface area contributed by atoms with Crippen molar-refractivity contribution in [2.24, 2.45) is 10.9 Å². The minimum absolute atomic E-state index is 0. The summed E-state index contributed by atoms with van der Waals surface area (Å²) in [5.74, 6) is 1.50. The second kappa shape index (κ2) is 11.6. The number of hydrogen-bond donors (Lipinski definition) is 1. The Bertz CT molecular complexity index is 657. The Labute approximate surface area is 186 Å². The lowest BCUT2D eigenvalue weighted by Gasteiger charge is -2.33. The van der Waals surface area contributed by atoms with E-state index >= 15 is 0 Å². The number of aliphatic imine (C=N–C) groups is 1. The molecule has 1 saturated heterocycles. The highest BCUT2D eigenvalue weighted by Gasteiger charge is 2.27. The van der Waals surface area contributed by atoms with Gasteiger partial charge in [0.25, 0.3) is 0 Å². The number of carbonyl (C=O) groups excluding carboxylic acids is 1. The zero-order valence-electron chi connectivity index (χ0n) is 17.2. The first-order chi connectivity index (χ1) is 13.2. The fourth-order valence-electron chi connectivity index (χ4n) is 4.25. The molecule has 1 aromatic rings. The van der Waals surface area contributed by atoms with E-state index in [4.69, 9.17) is 9.73 Å². The van der Waals surface area contributed by atoms with Gasteiger partial charge >= 0.3 is 5.97 Å². The van der Waals surface area contributed by atoms with Crippen LogP contribution < -0.4 is 5.32 Å². The van der Waals surface area contributed by atoms with Crippen LogP contribution in [0.5, 0.6) is 0 Å². The molecule has 0 bridgehead atoms. The van der Waals surface area contributed by atoms with Crippen molar-refractivity contribution in [3.05, 3.63) is 35.4 Å². The van der Waals surface area contributed by atoms with Gasteiger partial charge in [-0.1, -0.05) is 24.3 Å². The van der Waals surface area contributed by atoms with Gasteiger partial charge in [0.15, 0.2) is 5.96 Å². The molecular formula is C22H34IN3O2. The van der Waals surface area contributed by atoms with E-state index in [0.717, 1.165) is 45.0 Å². The van der Waals surface area contributed by atoms with Gasteiger partial charge in [-0.2, -0.15) is 0 Å². The van der Waals surface area contributed by atoms with Crippen LogP contribution in [0.15, 0.2) is 29.3 Å². The average Bonchev–Trinajstić information content (AvgIpc) is 2.71. The Kier molecular flexibility index (Phi) is 9.55. The number of benzene rings is 1. The van der Waals surface area contributed by atoms with Crippen molar-refractivity contribution in [1.82, 2.24) is 10.2 Å². The molecule has 0 saturated carbocycles. The van der Waals surface area contributed by atoms with E-state index < -0.39 is 0 Å². The lowest BCUT2D eigenvalue weighted by Crippen LogP contribution is -2.47. The maximum absolute atomic E-state index is 12.0. The molecule has 0 aromatic heterocycles. The van der Waals surface area contributed by atoms with Crippen LogP contribution in [0.1, 0.15) is 56.6 Å². The van der Waals surface area contributed by atoms with Crippen LogP contribution in [0.2, 0.25) is 0 Å². The maximum Gasteiger partial charge on any atom is 0.309 e. The highest BCUT2D eigenvalue weighted by Crippen LogP contribution is 2.31. The predicted molar refractivity (Wildman–Crippen MR) is 124 cm³/mol. The van der Waals surface area contributed by atoms with Gasteiger partial charge in [0.05, 0.1) is 12.5 Å². The fourth-order valence-corrected chi connectivity index (χ4v) is 4.25. The van der Waals surface area contributed by atoms with Crippen molar-refractivity contribution in [3.63, 3.8) is 0 Å². The van der Waals surface area contributed by atoms with Crippen LogP contribution in [0.4, 0.5) is 0 Å². The number of aryl methyl sites for hydroxylation is 1. The van der Waals surface area contributed by atoms with Crippen molar-refractivity contribution >= 4 is 35.9 Å². The number of ether oxygens (including phenoxy) is 1. The summed E-state index contributed by atoms with van der Waals surface area (Å²) < 4.78 is 5.18. The summed E-state index contributed by atoms with van der Waals surface area (Å²) in [6.07, 6.45) is 5.34.